The van der Waals surface area contributed by atoms with Crippen LogP contribution in [0, 0.1) is 0 Å². The first kappa shape index (κ1) is 21.7. The highest BCUT2D eigenvalue weighted by molar-refractivity contribution is 8.15. The maximum Gasteiger partial charge on any atom is 0.251 e. The predicted molar refractivity (Wildman–Crippen MR) is 125 cm³/mol. The molecule has 164 valence electrons. The smallest absolute Gasteiger partial charge is 0.251 e. The Morgan fingerprint density at radius 3 is 2.55 bits per heavy atom. The summed E-state index contributed by atoms with van der Waals surface area (Å²) >= 11 is 1.47. The molecule has 0 bridgehead atoms. The Bertz CT molecular complexity index is 1070. The lowest BCUT2D eigenvalue weighted by Gasteiger charge is -2.09. The summed E-state index contributed by atoms with van der Waals surface area (Å²) in [5.74, 6) is 1.04. The topological polar surface area (TPSA) is 96.9 Å². The molecular weight excluding hydrogens is 434 g/mol. The van der Waals surface area contributed by atoms with E-state index < -0.39 is 9.84 Å². The van der Waals surface area contributed by atoms with Gasteiger partial charge in [0.05, 0.1) is 24.2 Å². The van der Waals surface area contributed by atoms with E-state index in [9.17, 15) is 13.2 Å². The average Bonchev–Trinajstić information content (AvgIpc) is 3.22. The molecule has 4 rings (SSSR count). The molecule has 0 aromatic heterocycles. The Kier molecular flexibility index (Phi) is 6.52. The minimum atomic E-state index is -2.95. The maximum atomic E-state index is 12.4. The molecule has 0 saturated carbocycles. The minimum Gasteiger partial charge on any atom is -0.494 e. The van der Waals surface area contributed by atoms with Crippen LogP contribution in [0.2, 0.25) is 0 Å². The standard InChI is InChI=1S/C22H25N3O4S2/c1-2-29-18-9-3-15(4-10-18)11-12-23-21(26)16-5-7-17(8-6-16)24-22-25-19-13-31(27,28)14-20(19)30-22/h3-10,19-20H,2,11-14H2,1H3,(H,23,26)(H,24,25)/t19-,20+/m1/s1. The molecule has 7 nitrogen and oxygen atoms in total. The number of nitrogens with zero attached hydrogens (tertiary/aromatic N) is 1. The zero-order valence-electron chi connectivity index (χ0n) is 17.2. The Balaban J connectivity index is 1.25. The van der Waals surface area contributed by atoms with Gasteiger partial charge in [-0.05, 0) is 55.3 Å². The fourth-order valence-corrected chi connectivity index (χ4v) is 7.26. The molecule has 2 atom stereocenters. The summed E-state index contributed by atoms with van der Waals surface area (Å²) in [4.78, 5) is 16.9. The monoisotopic (exact) mass is 459 g/mol. The van der Waals surface area contributed by atoms with Crippen LogP contribution in [-0.4, -0.2) is 55.4 Å². The third-order valence-electron chi connectivity index (χ3n) is 5.15. The first-order chi connectivity index (χ1) is 14.9. The van der Waals surface area contributed by atoms with Crippen LogP contribution in [-0.2, 0) is 16.3 Å². The first-order valence-corrected chi connectivity index (χ1v) is 12.9. The van der Waals surface area contributed by atoms with Crippen LogP contribution >= 0.6 is 11.8 Å². The lowest BCUT2D eigenvalue weighted by molar-refractivity contribution is 0.0954. The van der Waals surface area contributed by atoms with Crippen molar-refractivity contribution in [1.82, 2.24) is 5.32 Å². The Morgan fingerprint density at radius 2 is 1.87 bits per heavy atom. The number of nitrogens with one attached hydrogen (secondary N) is 2. The van der Waals surface area contributed by atoms with Gasteiger partial charge in [0.25, 0.3) is 5.91 Å². The second-order valence-electron chi connectivity index (χ2n) is 7.52. The number of fused-ring (bicyclic) bond motifs is 1. The van der Waals surface area contributed by atoms with Gasteiger partial charge >= 0.3 is 0 Å². The van der Waals surface area contributed by atoms with E-state index in [4.69, 9.17) is 4.74 Å². The molecule has 1 fully saturated rings. The maximum absolute atomic E-state index is 12.4. The van der Waals surface area contributed by atoms with Crippen molar-refractivity contribution in [3.8, 4) is 5.75 Å². The summed E-state index contributed by atoms with van der Waals surface area (Å²) in [5, 5.41) is 6.90. The van der Waals surface area contributed by atoms with Gasteiger partial charge in [-0.1, -0.05) is 23.9 Å². The number of amidine groups is 1. The Labute approximate surface area is 186 Å². The fourth-order valence-electron chi connectivity index (χ4n) is 3.59. The molecule has 2 aromatic rings. The largest absolute Gasteiger partial charge is 0.494 e. The van der Waals surface area contributed by atoms with E-state index in [0.717, 1.165) is 28.6 Å². The number of carbonyl (C=O) groups excluding carboxylic acids is 1. The van der Waals surface area contributed by atoms with Gasteiger partial charge in [-0.15, -0.1) is 0 Å². The first-order valence-electron chi connectivity index (χ1n) is 10.2. The molecule has 9 heteroatoms. The van der Waals surface area contributed by atoms with Crippen LogP contribution in [0.15, 0.2) is 53.5 Å². The van der Waals surface area contributed by atoms with Gasteiger partial charge in [0.1, 0.15) is 5.75 Å². The van der Waals surface area contributed by atoms with Crippen molar-refractivity contribution >= 4 is 38.4 Å². The second-order valence-corrected chi connectivity index (χ2v) is 10.9. The Morgan fingerprint density at radius 1 is 1.13 bits per heavy atom. The number of amides is 1. The van der Waals surface area contributed by atoms with Gasteiger partial charge in [-0.25, -0.2) is 8.42 Å². The van der Waals surface area contributed by atoms with Crippen molar-refractivity contribution in [3.05, 3.63) is 59.7 Å². The number of anilines is 1. The van der Waals surface area contributed by atoms with Gasteiger partial charge in [0.15, 0.2) is 15.0 Å². The van der Waals surface area contributed by atoms with Crippen LogP contribution in [0.25, 0.3) is 0 Å². The lowest BCUT2D eigenvalue weighted by atomic mass is 10.1. The van der Waals surface area contributed by atoms with Gasteiger partial charge in [0.2, 0.25) is 0 Å². The van der Waals surface area contributed by atoms with Crippen molar-refractivity contribution in [2.45, 2.75) is 24.6 Å². The number of rotatable bonds is 7. The summed E-state index contributed by atoms with van der Waals surface area (Å²) < 4.78 is 28.7. The fraction of sp³-hybridized carbons (Fsp3) is 0.364. The van der Waals surface area contributed by atoms with E-state index in [1.165, 1.54) is 11.8 Å². The van der Waals surface area contributed by atoms with Crippen molar-refractivity contribution in [2.75, 3.05) is 30.0 Å². The molecule has 2 aliphatic heterocycles. The molecule has 31 heavy (non-hydrogen) atoms. The van der Waals surface area contributed by atoms with E-state index in [0.29, 0.717) is 18.7 Å². The van der Waals surface area contributed by atoms with Crippen molar-refractivity contribution in [2.24, 2.45) is 4.99 Å². The summed E-state index contributed by atoms with van der Waals surface area (Å²) in [7, 11) is -2.95. The van der Waals surface area contributed by atoms with Crippen LogP contribution in [0.1, 0.15) is 22.8 Å². The van der Waals surface area contributed by atoms with Crippen molar-refractivity contribution in [3.63, 3.8) is 0 Å². The molecule has 0 spiro atoms. The zero-order valence-corrected chi connectivity index (χ0v) is 18.8. The average molecular weight is 460 g/mol. The quantitative estimate of drug-likeness (QED) is 0.661. The van der Waals surface area contributed by atoms with Gasteiger partial charge in [0, 0.05) is 23.0 Å². The third-order valence-corrected chi connectivity index (χ3v) is 8.29. The number of aliphatic imine (C=N–C) groups is 1. The molecule has 2 N–H and O–H groups in total. The van der Waals surface area contributed by atoms with Crippen LogP contribution in [0.3, 0.4) is 0 Å². The molecule has 1 amide bonds. The predicted octanol–water partition coefficient (Wildman–Crippen LogP) is 2.74. The van der Waals surface area contributed by atoms with Crippen molar-refractivity contribution in [1.29, 1.82) is 0 Å². The zero-order chi connectivity index (χ0) is 21.8. The number of hydrogen-bond acceptors (Lipinski definition) is 7. The summed E-state index contributed by atoms with van der Waals surface area (Å²) in [6.07, 6.45) is 0.743. The number of benzene rings is 2. The molecule has 2 heterocycles. The number of carbonyl (C=O) groups is 1. The van der Waals surface area contributed by atoms with E-state index in [1.807, 2.05) is 43.3 Å². The highest BCUT2D eigenvalue weighted by Gasteiger charge is 2.42. The van der Waals surface area contributed by atoms with E-state index in [1.54, 1.807) is 12.1 Å². The van der Waals surface area contributed by atoms with Gasteiger partial charge < -0.3 is 15.4 Å². The van der Waals surface area contributed by atoms with Crippen LogP contribution in [0.4, 0.5) is 5.69 Å². The van der Waals surface area contributed by atoms with E-state index in [2.05, 4.69) is 15.6 Å². The highest BCUT2D eigenvalue weighted by atomic mass is 32.2. The number of ether oxygens (including phenoxy) is 1. The van der Waals surface area contributed by atoms with Crippen LogP contribution in [0.5, 0.6) is 5.75 Å². The number of hydrogen-bond donors (Lipinski definition) is 2. The van der Waals surface area contributed by atoms with Gasteiger partial charge in [-0.3, -0.25) is 9.79 Å². The molecular formula is C22H25N3O4S2. The van der Waals surface area contributed by atoms with E-state index in [-0.39, 0.29) is 28.7 Å². The van der Waals surface area contributed by atoms with Crippen molar-refractivity contribution < 1.29 is 17.9 Å². The summed E-state index contributed by atoms with van der Waals surface area (Å²) in [6.45, 7) is 3.14. The molecule has 0 radical (unpaired) electrons. The number of sulfone groups is 1. The third kappa shape index (κ3) is 5.59. The molecule has 0 aliphatic carbocycles. The SMILES string of the molecule is CCOc1ccc(CCNC(=O)c2ccc(NC3=N[C@@H]4CS(=O)(=O)C[C@@H]4S3)cc2)cc1. The highest BCUT2D eigenvalue weighted by Crippen LogP contribution is 2.34. The second kappa shape index (κ2) is 9.32. The van der Waals surface area contributed by atoms with Crippen LogP contribution < -0.4 is 15.4 Å². The molecule has 2 aromatic carbocycles. The normalized spacial score (nSPS) is 21.3. The summed E-state index contributed by atoms with van der Waals surface area (Å²) in [5.41, 5.74) is 2.54. The molecule has 0 unspecified atom stereocenters. The molecule has 1 saturated heterocycles. The minimum absolute atomic E-state index is 0.00734. The molecule has 2 aliphatic rings. The van der Waals surface area contributed by atoms with Gasteiger partial charge in [-0.2, -0.15) is 0 Å². The van der Waals surface area contributed by atoms with E-state index >= 15 is 0 Å². The lowest BCUT2D eigenvalue weighted by Crippen LogP contribution is -2.25. The number of thioether (sulfide) groups is 1. The Hall–Kier alpha value is -2.52. The summed E-state index contributed by atoms with van der Waals surface area (Å²) in [6, 6.07) is 14.9.